The maximum absolute atomic E-state index is 13.5. The van der Waals surface area contributed by atoms with E-state index in [-0.39, 0.29) is 11.7 Å². The lowest BCUT2D eigenvalue weighted by Gasteiger charge is -2.11. The molecule has 0 radical (unpaired) electrons. The number of nitrogens with one attached hydrogen (secondary N) is 1. The third-order valence-corrected chi connectivity index (χ3v) is 3.99. The monoisotopic (exact) mass is 328 g/mol. The van der Waals surface area contributed by atoms with Crippen molar-refractivity contribution in [2.75, 3.05) is 6.54 Å². The van der Waals surface area contributed by atoms with Gasteiger partial charge in [-0.3, -0.25) is 4.79 Å². The number of aromatic nitrogens is 1. The van der Waals surface area contributed by atoms with Gasteiger partial charge in [-0.05, 0) is 31.0 Å². The fraction of sp³-hybridized carbons (Fsp3) is 0.316. The van der Waals surface area contributed by atoms with E-state index in [1.54, 1.807) is 12.1 Å². The molecule has 0 aliphatic carbocycles. The minimum Gasteiger partial charge on any atom is -0.460 e. The molecule has 24 heavy (non-hydrogen) atoms. The molecule has 0 unspecified atom stereocenters. The quantitative estimate of drug-likeness (QED) is 0.687. The lowest BCUT2D eigenvalue weighted by molar-refractivity contribution is 0.0944. The molecule has 1 amide bonds. The van der Waals surface area contributed by atoms with Gasteiger partial charge in [-0.25, -0.2) is 4.39 Å². The minimum atomic E-state index is -0.284. The molecule has 0 saturated heterocycles. The number of unbranched alkanes of at least 4 members (excludes halogenated alkanes) is 1. The van der Waals surface area contributed by atoms with E-state index in [4.69, 9.17) is 4.42 Å². The summed E-state index contributed by atoms with van der Waals surface area (Å²) in [6.07, 6.45) is 1.96. The minimum absolute atomic E-state index is 0.135. The summed E-state index contributed by atoms with van der Waals surface area (Å²) >= 11 is 0. The van der Waals surface area contributed by atoms with Crippen LogP contribution in [0.2, 0.25) is 0 Å². The van der Waals surface area contributed by atoms with E-state index in [2.05, 4.69) is 12.2 Å². The number of halogens is 1. The van der Waals surface area contributed by atoms with Gasteiger partial charge in [0.05, 0.1) is 5.52 Å². The van der Waals surface area contributed by atoms with Crippen LogP contribution in [0, 0.1) is 12.7 Å². The highest BCUT2D eigenvalue weighted by Gasteiger charge is 2.18. The molecular formula is C19H21FN2O2. The number of carbonyl (C=O) groups is 1. The Labute approximate surface area is 140 Å². The molecule has 0 spiro atoms. The Kier molecular flexibility index (Phi) is 4.69. The number of aryl methyl sites for hydroxylation is 1. The molecule has 1 N–H and O–H groups in total. The molecule has 1 aromatic carbocycles. The predicted molar refractivity (Wildman–Crippen MR) is 91.7 cm³/mol. The third-order valence-electron chi connectivity index (χ3n) is 3.99. The first-order valence-electron chi connectivity index (χ1n) is 8.21. The zero-order valence-electron chi connectivity index (χ0n) is 13.9. The van der Waals surface area contributed by atoms with Gasteiger partial charge in [0.25, 0.3) is 5.91 Å². The van der Waals surface area contributed by atoms with Crippen molar-refractivity contribution in [2.24, 2.45) is 0 Å². The molecule has 0 bridgehead atoms. The number of benzene rings is 1. The van der Waals surface area contributed by atoms with Crippen LogP contribution in [-0.2, 0) is 6.54 Å². The summed E-state index contributed by atoms with van der Waals surface area (Å²) in [5.41, 5.74) is 2.85. The molecule has 126 valence electrons. The van der Waals surface area contributed by atoms with Crippen LogP contribution in [0.15, 0.2) is 40.8 Å². The first-order valence-corrected chi connectivity index (χ1v) is 8.21. The smallest absolute Gasteiger partial charge is 0.268 e. The Morgan fingerprint density at radius 2 is 2.12 bits per heavy atom. The average molecular weight is 328 g/mol. The largest absolute Gasteiger partial charge is 0.460 e. The zero-order chi connectivity index (χ0) is 17.1. The number of fused-ring (bicyclic) bond motifs is 1. The number of hydrogen-bond donors (Lipinski definition) is 1. The number of furan rings is 1. The van der Waals surface area contributed by atoms with E-state index in [0.29, 0.717) is 24.4 Å². The summed E-state index contributed by atoms with van der Waals surface area (Å²) in [5, 5.41) is 2.93. The standard InChI is InChI=1S/C19H21FN2O2/c1-3-4-8-21-19(23)17-11-18-16(9-13(2)24-18)22(17)12-14-6-5-7-15(20)10-14/h5-7,9-11H,3-4,8,12H2,1-2H3,(H,21,23). The summed E-state index contributed by atoms with van der Waals surface area (Å²) < 4.78 is 21.0. The second-order valence-electron chi connectivity index (χ2n) is 5.96. The highest BCUT2D eigenvalue weighted by molar-refractivity contribution is 5.97. The van der Waals surface area contributed by atoms with Crippen LogP contribution in [0.25, 0.3) is 11.1 Å². The topological polar surface area (TPSA) is 47.2 Å². The molecular weight excluding hydrogens is 307 g/mol. The van der Waals surface area contributed by atoms with E-state index >= 15 is 0 Å². The molecule has 3 aromatic rings. The van der Waals surface area contributed by atoms with Gasteiger partial charge in [0.2, 0.25) is 0 Å². The van der Waals surface area contributed by atoms with Gasteiger partial charge >= 0.3 is 0 Å². The van der Waals surface area contributed by atoms with Gasteiger partial charge in [0.15, 0.2) is 5.58 Å². The number of amides is 1. The molecule has 4 nitrogen and oxygen atoms in total. The summed E-state index contributed by atoms with van der Waals surface area (Å²) in [6.45, 7) is 5.00. The Bertz CT molecular complexity index is 864. The lowest BCUT2D eigenvalue weighted by atomic mass is 10.2. The number of carbonyl (C=O) groups excluding carboxylic acids is 1. The average Bonchev–Trinajstić information content (AvgIpc) is 3.05. The van der Waals surface area contributed by atoms with E-state index < -0.39 is 0 Å². The maximum Gasteiger partial charge on any atom is 0.268 e. The van der Waals surface area contributed by atoms with Crippen molar-refractivity contribution in [2.45, 2.75) is 33.2 Å². The van der Waals surface area contributed by atoms with Crippen molar-refractivity contribution in [3.8, 4) is 0 Å². The van der Waals surface area contributed by atoms with Crippen LogP contribution < -0.4 is 5.32 Å². The molecule has 0 aliphatic heterocycles. The second-order valence-corrected chi connectivity index (χ2v) is 5.96. The Hall–Kier alpha value is -2.56. The molecule has 0 atom stereocenters. The normalized spacial score (nSPS) is 11.1. The van der Waals surface area contributed by atoms with E-state index in [1.807, 2.05) is 23.6 Å². The number of nitrogens with zero attached hydrogens (tertiary/aromatic N) is 1. The van der Waals surface area contributed by atoms with Crippen LogP contribution >= 0.6 is 0 Å². The van der Waals surface area contributed by atoms with Gasteiger partial charge < -0.3 is 14.3 Å². The Morgan fingerprint density at radius 1 is 1.29 bits per heavy atom. The van der Waals surface area contributed by atoms with Crippen LogP contribution in [0.3, 0.4) is 0 Å². The van der Waals surface area contributed by atoms with Crippen molar-refractivity contribution in [3.63, 3.8) is 0 Å². The van der Waals surface area contributed by atoms with Crippen LogP contribution in [-0.4, -0.2) is 17.0 Å². The number of rotatable bonds is 6. The van der Waals surface area contributed by atoms with E-state index in [9.17, 15) is 9.18 Å². The van der Waals surface area contributed by atoms with Crippen molar-refractivity contribution in [3.05, 3.63) is 59.2 Å². The van der Waals surface area contributed by atoms with Crippen LogP contribution in [0.4, 0.5) is 4.39 Å². The summed E-state index contributed by atoms with van der Waals surface area (Å²) in [7, 11) is 0. The SMILES string of the molecule is CCCCNC(=O)c1cc2oc(C)cc2n1Cc1cccc(F)c1. The lowest BCUT2D eigenvalue weighted by Crippen LogP contribution is -2.27. The van der Waals surface area contributed by atoms with Gasteiger partial charge in [-0.1, -0.05) is 25.5 Å². The predicted octanol–water partition coefficient (Wildman–Crippen LogP) is 4.26. The van der Waals surface area contributed by atoms with Gasteiger partial charge in [0, 0.05) is 25.2 Å². The van der Waals surface area contributed by atoms with E-state index in [1.165, 1.54) is 12.1 Å². The molecule has 2 aromatic heterocycles. The highest BCUT2D eigenvalue weighted by Crippen LogP contribution is 2.25. The van der Waals surface area contributed by atoms with E-state index in [0.717, 1.165) is 29.7 Å². The molecule has 3 rings (SSSR count). The van der Waals surface area contributed by atoms with Crippen molar-refractivity contribution < 1.29 is 13.6 Å². The maximum atomic E-state index is 13.5. The fourth-order valence-corrected chi connectivity index (χ4v) is 2.81. The zero-order valence-corrected chi connectivity index (χ0v) is 13.9. The molecule has 2 heterocycles. The van der Waals surface area contributed by atoms with Gasteiger partial charge in [0.1, 0.15) is 17.3 Å². The molecule has 0 aliphatic rings. The molecule has 0 saturated carbocycles. The second kappa shape index (κ2) is 6.91. The first-order chi connectivity index (χ1) is 11.6. The Balaban J connectivity index is 1.96. The van der Waals surface area contributed by atoms with Crippen molar-refractivity contribution in [1.29, 1.82) is 0 Å². The molecule has 5 heteroatoms. The van der Waals surface area contributed by atoms with Crippen molar-refractivity contribution >= 4 is 17.0 Å². The van der Waals surface area contributed by atoms with Crippen molar-refractivity contribution in [1.82, 2.24) is 9.88 Å². The number of hydrogen-bond acceptors (Lipinski definition) is 2. The highest BCUT2D eigenvalue weighted by atomic mass is 19.1. The molecule has 0 fully saturated rings. The summed E-state index contributed by atoms with van der Waals surface area (Å²) in [6, 6.07) is 10.1. The van der Waals surface area contributed by atoms with Crippen LogP contribution in [0.1, 0.15) is 41.6 Å². The summed E-state index contributed by atoms with van der Waals surface area (Å²) in [5.74, 6) is 0.364. The summed E-state index contributed by atoms with van der Waals surface area (Å²) in [4.78, 5) is 12.5. The van der Waals surface area contributed by atoms with Crippen LogP contribution in [0.5, 0.6) is 0 Å². The first kappa shape index (κ1) is 16.3. The third kappa shape index (κ3) is 3.35. The fourth-order valence-electron chi connectivity index (χ4n) is 2.81. The Morgan fingerprint density at radius 3 is 2.88 bits per heavy atom. The van der Waals surface area contributed by atoms with Gasteiger partial charge in [-0.2, -0.15) is 0 Å². The van der Waals surface area contributed by atoms with Gasteiger partial charge in [-0.15, -0.1) is 0 Å².